The van der Waals surface area contributed by atoms with E-state index in [0.717, 1.165) is 12.0 Å². The highest BCUT2D eigenvalue weighted by Crippen LogP contribution is 2.21. The van der Waals surface area contributed by atoms with Crippen LogP contribution in [0.25, 0.3) is 0 Å². The van der Waals surface area contributed by atoms with E-state index in [1.165, 1.54) is 11.8 Å². The maximum absolute atomic E-state index is 12.8. The molecule has 0 aliphatic rings. The van der Waals surface area contributed by atoms with E-state index in [0.29, 0.717) is 18.2 Å². The number of carbonyl (C=O) groups is 1. The first-order valence-corrected chi connectivity index (χ1v) is 9.44. The second-order valence-corrected chi connectivity index (χ2v) is 7.83. The SMILES string of the molecule is CCCn1c(SCC(=O)N(Cc2ccccc2)C(C)(C)C)n[nH]c1=O. The molecule has 7 heteroatoms. The molecule has 0 aliphatic heterocycles. The number of amides is 1. The Morgan fingerprint density at radius 1 is 1.28 bits per heavy atom. The van der Waals surface area contributed by atoms with E-state index in [2.05, 4.69) is 10.2 Å². The van der Waals surface area contributed by atoms with Crippen molar-refractivity contribution in [3.8, 4) is 0 Å². The molecule has 0 atom stereocenters. The molecule has 0 fully saturated rings. The Hall–Kier alpha value is -2.02. The molecule has 1 aromatic heterocycles. The largest absolute Gasteiger partial charge is 0.343 e. The van der Waals surface area contributed by atoms with Crippen molar-refractivity contribution in [2.45, 2.75) is 57.9 Å². The van der Waals surface area contributed by atoms with E-state index < -0.39 is 0 Å². The number of carbonyl (C=O) groups excluding carboxylic acids is 1. The summed E-state index contributed by atoms with van der Waals surface area (Å²) in [6.45, 7) is 9.24. The van der Waals surface area contributed by atoms with Crippen LogP contribution in [0, 0.1) is 0 Å². The molecule has 0 radical (unpaired) electrons. The molecule has 1 aromatic carbocycles. The molecule has 1 N–H and O–H groups in total. The summed E-state index contributed by atoms with van der Waals surface area (Å²) < 4.78 is 1.58. The molecule has 0 unspecified atom stereocenters. The fraction of sp³-hybridized carbons (Fsp3) is 0.500. The van der Waals surface area contributed by atoms with Gasteiger partial charge in [-0.2, -0.15) is 0 Å². The summed E-state index contributed by atoms with van der Waals surface area (Å²) in [5.41, 5.74) is 0.578. The van der Waals surface area contributed by atoms with Crippen LogP contribution in [-0.4, -0.2) is 36.9 Å². The molecule has 0 spiro atoms. The van der Waals surface area contributed by atoms with E-state index >= 15 is 0 Å². The van der Waals surface area contributed by atoms with Gasteiger partial charge in [0, 0.05) is 18.6 Å². The van der Waals surface area contributed by atoms with Crippen LogP contribution < -0.4 is 5.69 Å². The van der Waals surface area contributed by atoms with Crippen molar-refractivity contribution in [1.82, 2.24) is 19.7 Å². The van der Waals surface area contributed by atoms with Crippen LogP contribution in [0.3, 0.4) is 0 Å². The summed E-state index contributed by atoms with van der Waals surface area (Å²) in [7, 11) is 0. The van der Waals surface area contributed by atoms with Crippen LogP contribution in [0.15, 0.2) is 40.3 Å². The van der Waals surface area contributed by atoms with Crippen LogP contribution in [-0.2, 0) is 17.9 Å². The molecule has 0 saturated heterocycles. The molecule has 6 nitrogen and oxygen atoms in total. The molecule has 1 amide bonds. The van der Waals surface area contributed by atoms with Crippen LogP contribution >= 0.6 is 11.8 Å². The summed E-state index contributed by atoms with van der Waals surface area (Å²) >= 11 is 1.30. The molecule has 2 rings (SSSR count). The van der Waals surface area contributed by atoms with Crippen molar-refractivity contribution in [2.24, 2.45) is 0 Å². The Labute approximate surface area is 152 Å². The number of H-pyrrole nitrogens is 1. The first-order valence-electron chi connectivity index (χ1n) is 8.45. The minimum atomic E-state index is -0.290. The van der Waals surface area contributed by atoms with Gasteiger partial charge in [-0.1, -0.05) is 49.0 Å². The number of hydrogen-bond donors (Lipinski definition) is 1. The molecular weight excluding hydrogens is 336 g/mol. The van der Waals surface area contributed by atoms with Gasteiger partial charge in [-0.25, -0.2) is 9.89 Å². The Balaban J connectivity index is 2.09. The molecular formula is C18H26N4O2S. The number of nitrogens with one attached hydrogen (secondary N) is 1. The fourth-order valence-corrected chi connectivity index (χ4v) is 3.35. The van der Waals surface area contributed by atoms with Gasteiger partial charge < -0.3 is 4.90 Å². The van der Waals surface area contributed by atoms with Crippen LogP contribution in [0.5, 0.6) is 0 Å². The third kappa shape index (κ3) is 5.22. The van der Waals surface area contributed by atoms with Crippen molar-refractivity contribution in [3.63, 3.8) is 0 Å². The lowest BCUT2D eigenvalue weighted by Crippen LogP contribution is -2.46. The Morgan fingerprint density at radius 3 is 2.56 bits per heavy atom. The minimum Gasteiger partial charge on any atom is -0.333 e. The zero-order chi connectivity index (χ0) is 18.4. The molecule has 0 bridgehead atoms. The third-order valence-corrected chi connectivity index (χ3v) is 4.75. The predicted octanol–water partition coefficient (Wildman–Crippen LogP) is 2.90. The second-order valence-electron chi connectivity index (χ2n) is 6.89. The number of thioether (sulfide) groups is 1. The van der Waals surface area contributed by atoms with Gasteiger partial charge in [-0.05, 0) is 32.8 Å². The lowest BCUT2D eigenvalue weighted by molar-refractivity contribution is -0.133. The molecule has 0 saturated carbocycles. The smallest absolute Gasteiger partial charge is 0.333 e. The van der Waals surface area contributed by atoms with E-state index in [1.807, 2.05) is 62.9 Å². The van der Waals surface area contributed by atoms with E-state index in [9.17, 15) is 9.59 Å². The van der Waals surface area contributed by atoms with Gasteiger partial charge in [0.2, 0.25) is 5.91 Å². The first-order chi connectivity index (χ1) is 11.8. The van der Waals surface area contributed by atoms with Gasteiger partial charge in [-0.15, -0.1) is 5.10 Å². The zero-order valence-electron chi connectivity index (χ0n) is 15.3. The number of aromatic amines is 1. The van der Waals surface area contributed by atoms with Gasteiger partial charge in [0.1, 0.15) is 0 Å². The average Bonchev–Trinajstić information content (AvgIpc) is 2.91. The highest BCUT2D eigenvalue weighted by Gasteiger charge is 2.27. The quantitative estimate of drug-likeness (QED) is 0.769. The number of benzene rings is 1. The van der Waals surface area contributed by atoms with Crippen molar-refractivity contribution in [1.29, 1.82) is 0 Å². The highest BCUT2D eigenvalue weighted by molar-refractivity contribution is 7.99. The van der Waals surface area contributed by atoms with Gasteiger partial charge >= 0.3 is 5.69 Å². The van der Waals surface area contributed by atoms with Crippen molar-refractivity contribution in [3.05, 3.63) is 46.4 Å². The van der Waals surface area contributed by atoms with Crippen molar-refractivity contribution >= 4 is 17.7 Å². The van der Waals surface area contributed by atoms with E-state index in [-0.39, 0.29) is 22.9 Å². The fourth-order valence-electron chi connectivity index (χ4n) is 2.50. The van der Waals surface area contributed by atoms with Crippen LogP contribution in [0.4, 0.5) is 0 Å². The van der Waals surface area contributed by atoms with Crippen LogP contribution in [0.1, 0.15) is 39.7 Å². The molecule has 25 heavy (non-hydrogen) atoms. The van der Waals surface area contributed by atoms with Crippen molar-refractivity contribution in [2.75, 3.05) is 5.75 Å². The van der Waals surface area contributed by atoms with E-state index in [1.54, 1.807) is 4.57 Å². The summed E-state index contributed by atoms with van der Waals surface area (Å²) in [5, 5.41) is 7.05. The van der Waals surface area contributed by atoms with Gasteiger partial charge in [0.25, 0.3) is 0 Å². The Morgan fingerprint density at radius 2 is 1.96 bits per heavy atom. The summed E-state index contributed by atoms with van der Waals surface area (Å²) in [4.78, 5) is 26.4. The number of aromatic nitrogens is 3. The molecule has 2 aromatic rings. The maximum Gasteiger partial charge on any atom is 0.343 e. The summed E-state index contributed by atoms with van der Waals surface area (Å²) in [6, 6.07) is 9.95. The van der Waals surface area contributed by atoms with E-state index in [4.69, 9.17) is 0 Å². The lowest BCUT2D eigenvalue weighted by atomic mass is 10.0. The summed E-state index contributed by atoms with van der Waals surface area (Å²) in [5.74, 6) is 0.276. The normalized spacial score (nSPS) is 11.5. The topological polar surface area (TPSA) is 71.0 Å². The Bertz CT molecular complexity index is 746. The van der Waals surface area contributed by atoms with Gasteiger partial charge in [0.15, 0.2) is 5.16 Å². The average molecular weight is 362 g/mol. The van der Waals surface area contributed by atoms with Crippen LogP contribution in [0.2, 0.25) is 0 Å². The monoisotopic (exact) mass is 362 g/mol. The number of hydrogen-bond acceptors (Lipinski definition) is 4. The Kier molecular flexibility index (Phi) is 6.47. The zero-order valence-corrected chi connectivity index (χ0v) is 16.1. The number of rotatable bonds is 7. The molecule has 1 heterocycles. The standard InChI is InChI=1S/C18H26N4O2S/c1-5-11-21-16(24)19-20-17(21)25-13-15(23)22(18(2,3)4)12-14-9-7-6-8-10-14/h6-10H,5,11-13H2,1-4H3,(H,19,24). The maximum atomic E-state index is 12.8. The van der Waals surface area contributed by atoms with Crippen molar-refractivity contribution < 1.29 is 4.79 Å². The minimum absolute atomic E-state index is 0.0276. The third-order valence-electron chi connectivity index (χ3n) is 3.79. The highest BCUT2D eigenvalue weighted by atomic mass is 32.2. The van der Waals surface area contributed by atoms with Gasteiger partial charge in [0.05, 0.1) is 5.75 Å². The molecule has 136 valence electrons. The lowest BCUT2D eigenvalue weighted by Gasteiger charge is -2.36. The summed E-state index contributed by atoms with van der Waals surface area (Å²) in [6.07, 6.45) is 0.836. The number of nitrogens with zero attached hydrogens (tertiary/aromatic N) is 3. The first kappa shape index (κ1) is 19.3. The predicted molar refractivity (Wildman–Crippen MR) is 101 cm³/mol. The second kappa shape index (κ2) is 8.38. The molecule has 0 aliphatic carbocycles. The van der Waals surface area contributed by atoms with Gasteiger partial charge in [-0.3, -0.25) is 9.36 Å².